The molecule has 10 heteroatoms. The van der Waals surface area contributed by atoms with E-state index in [0.717, 1.165) is 15.4 Å². The molecule has 0 bridgehead atoms. The molecule has 2 atom stereocenters. The van der Waals surface area contributed by atoms with Gasteiger partial charge in [-0.3, -0.25) is 13.9 Å². The molecule has 4 aromatic rings. The second kappa shape index (κ2) is 15.5. The molecule has 1 N–H and O–H groups in total. The van der Waals surface area contributed by atoms with Crippen LogP contribution < -0.4 is 14.4 Å². The van der Waals surface area contributed by atoms with Crippen LogP contribution in [0.3, 0.4) is 0 Å². The normalized spacial score (nSPS) is 12.5. The zero-order valence-corrected chi connectivity index (χ0v) is 27.3. The Hall–Kier alpha value is -4.70. The fraction of sp³-hybridized carbons (Fsp3) is 0.278. The lowest BCUT2D eigenvalue weighted by Crippen LogP contribution is -2.54. The Balaban J connectivity index is 1.84. The highest BCUT2D eigenvalue weighted by molar-refractivity contribution is 7.92. The van der Waals surface area contributed by atoms with Crippen molar-refractivity contribution in [1.82, 2.24) is 10.2 Å². The SMILES string of the molecule is CC[C@@H](C)NC(=O)[C@@H](Cc1ccccc1)N(Cc1ccccc1F)C(=O)CN(c1ccccc1OC)S(=O)(=O)c1ccc(C)cc1. The minimum absolute atomic E-state index is 0.0205. The third-order valence-electron chi connectivity index (χ3n) is 7.81. The molecule has 0 aromatic heterocycles. The number of para-hydroxylation sites is 2. The van der Waals surface area contributed by atoms with E-state index >= 15 is 4.39 Å². The monoisotopic (exact) mass is 645 g/mol. The molecule has 0 aliphatic rings. The highest BCUT2D eigenvalue weighted by Gasteiger charge is 2.36. The summed E-state index contributed by atoms with van der Waals surface area (Å²) in [5.74, 6) is -1.42. The second-order valence-electron chi connectivity index (χ2n) is 11.1. The Morgan fingerprint density at radius 1 is 0.891 bits per heavy atom. The van der Waals surface area contributed by atoms with E-state index in [2.05, 4.69) is 5.32 Å². The van der Waals surface area contributed by atoms with Crippen molar-refractivity contribution in [3.63, 3.8) is 0 Å². The van der Waals surface area contributed by atoms with Crippen molar-refractivity contribution < 1.29 is 27.1 Å². The molecule has 0 fully saturated rings. The lowest BCUT2D eigenvalue weighted by atomic mass is 10.0. The molecular formula is C36H40FN3O5S. The van der Waals surface area contributed by atoms with Gasteiger partial charge in [-0.2, -0.15) is 0 Å². The van der Waals surface area contributed by atoms with Crippen molar-refractivity contribution >= 4 is 27.5 Å². The Morgan fingerprint density at radius 2 is 1.52 bits per heavy atom. The van der Waals surface area contributed by atoms with Crippen molar-refractivity contribution in [2.24, 2.45) is 0 Å². The van der Waals surface area contributed by atoms with Crippen molar-refractivity contribution in [3.05, 3.63) is 126 Å². The number of rotatable bonds is 14. The van der Waals surface area contributed by atoms with Crippen LogP contribution in [0.25, 0.3) is 0 Å². The van der Waals surface area contributed by atoms with Crippen molar-refractivity contribution in [3.8, 4) is 5.75 Å². The Morgan fingerprint density at radius 3 is 2.17 bits per heavy atom. The number of methoxy groups -OCH3 is 1. The van der Waals surface area contributed by atoms with Gasteiger partial charge in [0.2, 0.25) is 11.8 Å². The van der Waals surface area contributed by atoms with Crippen LogP contribution in [0.15, 0.2) is 108 Å². The van der Waals surface area contributed by atoms with Crippen LogP contribution in [0.4, 0.5) is 10.1 Å². The number of carbonyl (C=O) groups is 2. The molecule has 4 rings (SSSR count). The molecule has 0 aliphatic carbocycles. The number of aryl methyl sites for hydroxylation is 1. The van der Waals surface area contributed by atoms with E-state index in [4.69, 9.17) is 4.74 Å². The van der Waals surface area contributed by atoms with E-state index in [1.807, 2.05) is 51.1 Å². The number of benzene rings is 4. The molecule has 2 amide bonds. The summed E-state index contributed by atoms with van der Waals surface area (Å²) >= 11 is 0. The van der Waals surface area contributed by atoms with E-state index in [1.54, 1.807) is 54.6 Å². The minimum atomic E-state index is -4.31. The number of amides is 2. The molecule has 0 aliphatic heterocycles. The lowest BCUT2D eigenvalue weighted by molar-refractivity contribution is -0.140. The van der Waals surface area contributed by atoms with Gasteiger partial charge < -0.3 is 15.0 Å². The molecule has 242 valence electrons. The number of nitrogens with zero attached hydrogens (tertiary/aromatic N) is 2. The lowest BCUT2D eigenvalue weighted by Gasteiger charge is -2.34. The predicted molar refractivity (Wildman–Crippen MR) is 177 cm³/mol. The average Bonchev–Trinajstić information content (AvgIpc) is 3.06. The number of nitrogens with one attached hydrogen (secondary N) is 1. The first kappa shape index (κ1) is 34.2. The summed E-state index contributed by atoms with van der Waals surface area (Å²) < 4.78 is 50.0. The summed E-state index contributed by atoms with van der Waals surface area (Å²) in [6.45, 7) is 4.70. The van der Waals surface area contributed by atoms with Crippen molar-refractivity contribution in [2.75, 3.05) is 18.0 Å². The maximum atomic E-state index is 15.1. The van der Waals surface area contributed by atoms with Gasteiger partial charge >= 0.3 is 0 Å². The highest BCUT2D eigenvalue weighted by atomic mass is 32.2. The quantitative estimate of drug-likeness (QED) is 0.185. The van der Waals surface area contributed by atoms with Crippen LogP contribution in [-0.4, -0.2) is 50.9 Å². The number of carbonyl (C=O) groups excluding carboxylic acids is 2. The first-order chi connectivity index (χ1) is 22.0. The summed E-state index contributed by atoms with van der Waals surface area (Å²) in [6, 6.07) is 26.8. The van der Waals surface area contributed by atoms with Crippen LogP contribution in [-0.2, 0) is 32.6 Å². The van der Waals surface area contributed by atoms with E-state index in [0.29, 0.717) is 6.42 Å². The Bertz CT molecular complexity index is 1730. The van der Waals surface area contributed by atoms with Gasteiger partial charge in [-0.05, 0) is 56.2 Å². The van der Waals surface area contributed by atoms with Crippen LogP contribution >= 0.6 is 0 Å². The molecule has 0 saturated carbocycles. The Labute approximate surface area is 270 Å². The summed E-state index contributed by atoms with van der Waals surface area (Å²) in [5, 5.41) is 2.97. The van der Waals surface area contributed by atoms with Gasteiger partial charge in [-0.1, -0.05) is 85.3 Å². The first-order valence-corrected chi connectivity index (χ1v) is 16.6. The molecule has 0 saturated heterocycles. The fourth-order valence-electron chi connectivity index (χ4n) is 4.99. The molecule has 8 nitrogen and oxygen atoms in total. The predicted octanol–water partition coefficient (Wildman–Crippen LogP) is 5.89. The fourth-order valence-corrected chi connectivity index (χ4v) is 6.42. The number of halogens is 1. The van der Waals surface area contributed by atoms with Gasteiger partial charge in [0, 0.05) is 24.6 Å². The van der Waals surface area contributed by atoms with E-state index < -0.39 is 40.2 Å². The molecular weight excluding hydrogens is 605 g/mol. The van der Waals surface area contributed by atoms with Gasteiger partial charge in [-0.15, -0.1) is 0 Å². The number of hydrogen-bond acceptors (Lipinski definition) is 5. The molecule has 0 unspecified atom stereocenters. The maximum absolute atomic E-state index is 15.1. The van der Waals surface area contributed by atoms with Crippen LogP contribution in [0.1, 0.15) is 37.0 Å². The smallest absolute Gasteiger partial charge is 0.264 e. The summed E-state index contributed by atoms with van der Waals surface area (Å²) in [5.41, 5.74) is 1.99. The highest BCUT2D eigenvalue weighted by Crippen LogP contribution is 2.33. The number of sulfonamides is 1. The van der Waals surface area contributed by atoms with Crippen LogP contribution in [0.2, 0.25) is 0 Å². The van der Waals surface area contributed by atoms with Crippen LogP contribution in [0, 0.1) is 12.7 Å². The molecule has 0 heterocycles. The number of anilines is 1. The van der Waals surface area contributed by atoms with E-state index in [-0.39, 0.29) is 40.9 Å². The molecule has 0 spiro atoms. The van der Waals surface area contributed by atoms with Crippen molar-refractivity contribution in [1.29, 1.82) is 0 Å². The Kier molecular flexibility index (Phi) is 11.5. The van der Waals surface area contributed by atoms with Gasteiger partial charge in [0.25, 0.3) is 10.0 Å². The second-order valence-corrected chi connectivity index (χ2v) is 13.0. The third kappa shape index (κ3) is 8.31. The molecule has 46 heavy (non-hydrogen) atoms. The molecule has 4 aromatic carbocycles. The van der Waals surface area contributed by atoms with E-state index in [9.17, 15) is 18.0 Å². The topological polar surface area (TPSA) is 96.0 Å². The molecule has 0 radical (unpaired) electrons. The maximum Gasteiger partial charge on any atom is 0.264 e. The van der Waals surface area contributed by atoms with E-state index in [1.165, 1.54) is 30.2 Å². The summed E-state index contributed by atoms with van der Waals surface area (Å²) in [4.78, 5) is 29.7. The van der Waals surface area contributed by atoms with Crippen molar-refractivity contribution in [2.45, 2.75) is 57.1 Å². The zero-order valence-electron chi connectivity index (χ0n) is 26.5. The van der Waals surface area contributed by atoms with Gasteiger partial charge in [0.1, 0.15) is 24.2 Å². The standard InChI is InChI=1S/C36H40FN3O5S/c1-5-27(3)38-36(42)33(23-28-13-7-6-8-14-28)39(24-29-15-9-10-16-31(29)37)35(41)25-40(32-17-11-12-18-34(32)45-4)46(43,44)30-21-19-26(2)20-22-30/h6-22,27,33H,5,23-25H2,1-4H3,(H,38,42)/t27-,33-/m1/s1. The van der Waals surface area contributed by atoms with Gasteiger partial charge in [0.15, 0.2) is 0 Å². The van der Waals surface area contributed by atoms with Gasteiger partial charge in [-0.25, -0.2) is 12.8 Å². The first-order valence-electron chi connectivity index (χ1n) is 15.1. The number of hydrogen-bond donors (Lipinski definition) is 1. The third-order valence-corrected chi connectivity index (χ3v) is 9.59. The summed E-state index contributed by atoms with van der Waals surface area (Å²) in [6.07, 6.45) is 0.782. The number of ether oxygens (including phenoxy) is 1. The zero-order chi connectivity index (χ0) is 33.3. The average molecular weight is 646 g/mol. The summed E-state index contributed by atoms with van der Waals surface area (Å²) in [7, 11) is -2.90. The largest absolute Gasteiger partial charge is 0.495 e. The van der Waals surface area contributed by atoms with Gasteiger partial charge in [0.05, 0.1) is 17.7 Å². The minimum Gasteiger partial charge on any atom is -0.495 e. The van der Waals surface area contributed by atoms with Crippen LogP contribution in [0.5, 0.6) is 5.75 Å².